The van der Waals surface area contributed by atoms with Gasteiger partial charge in [-0.3, -0.25) is 0 Å². The Balaban J connectivity index is 1.55. The predicted molar refractivity (Wildman–Crippen MR) is 105 cm³/mol. The number of alkyl halides is 1. The summed E-state index contributed by atoms with van der Waals surface area (Å²) in [5, 5.41) is 0. The van der Waals surface area contributed by atoms with Gasteiger partial charge in [-0.25, -0.2) is 8.42 Å². The first kappa shape index (κ1) is 18.8. The standard InChI is InChI=1S/C21H29ClO3S/c22-8-4-5-9-25-20-11-18-10-19(12-20)14-21(13-18,16-20)26(23,24)15-17-6-2-1-3-7-17/h1-3,6-7,18-19H,4-5,8-16H2. The highest BCUT2D eigenvalue weighted by molar-refractivity contribution is 7.92. The molecule has 0 aliphatic heterocycles. The molecule has 144 valence electrons. The molecule has 2 unspecified atom stereocenters. The number of hydrogen-bond acceptors (Lipinski definition) is 3. The largest absolute Gasteiger partial charge is 0.375 e. The van der Waals surface area contributed by atoms with Crippen molar-refractivity contribution in [1.29, 1.82) is 0 Å². The van der Waals surface area contributed by atoms with Crippen LogP contribution in [0.1, 0.15) is 56.9 Å². The van der Waals surface area contributed by atoms with Gasteiger partial charge in [0.2, 0.25) is 0 Å². The number of unbranched alkanes of at least 4 members (excludes halogenated alkanes) is 1. The second kappa shape index (κ2) is 7.10. The molecule has 4 fully saturated rings. The van der Waals surface area contributed by atoms with E-state index in [0.29, 0.717) is 30.7 Å². The van der Waals surface area contributed by atoms with Crippen LogP contribution < -0.4 is 0 Å². The highest BCUT2D eigenvalue weighted by Gasteiger charge is 2.63. The fraction of sp³-hybridized carbons (Fsp3) is 0.714. The smallest absolute Gasteiger partial charge is 0.160 e. The molecule has 0 heterocycles. The minimum absolute atomic E-state index is 0.162. The van der Waals surface area contributed by atoms with E-state index < -0.39 is 14.6 Å². The van der Waals surface area contributed by atoms with Gasteiger partial charge >= 0.3 is 0 Å². The molecule has 1 aromatic carbocycles. The van der Waals surface area contributed by atoms with Crippen LogP contribution in [-0.4, -0.2) is 31.3 Å². The SMILES string of the molecule is O=S(=O)(Cc1ccccc1)C12CC3CC(CC(OCCCCCl)(C3)C1)C2. The van der Waals surface area contributed by atoms with E-state index in [9.17, 15) is 8.42 Å². The minimum Gasteiger partial charge on any atom is -0.375 e. The van der Waals surface area contributed by atoms with E-state index in [1.54, 1.807) is 0 Å². The van der Waals surface area contributed by atoms with Crippen LogP contribution in [0.5, 0.6) is 0 Å². The Labute approximate surface area is 162 Å². The molecule has 0 N–H and O–H groups in total. The van der Waals surface area contributed by atoms with Gasteiger partial charge in [-0.1, -0.05) is 30.3 Å². The van der Waals surface area contributed by atoms with Crippen LogP contribution >= 0.6 is 11.6 Å². The van der Waals surface area contributed by atoms with Gasteiger partial charge < -0.3 is 4.74 Å². The number of halogens is 1. The van der Waals surface area contributed by atoms with Crippen molar-refractivity contribution < 1.29 is 13.2 Å². The lowest BCUT2D eigenvalue weighted by Gasteiger charge is -2.61. The normalized spacial score (nSPS) is 35.7. The summed E-state index contributed by atoms with van der Waals surface area (Å²) in [4.78, 5) is 0. The van der Waals surface area contributed by atoms with Crippen LogP contribution in [0.15, 0.2) is 30.3 Å². The van der Waals surface area contributed by atoms with Gasteiger partial charge in [0.05, 0.1) is 16.1 Å². The van der Waals surface area contributed by atoms with Gasteiger partial charge in [-0.2, -0.15) is 0 Å². The minimum atomic E-state index is -3.21. The zero-order valence-electron chi connectivity index (χ0n) is 15.3. The van der Waals surface area contributed by atoms with Crippen LogP contribution in [-0.2, 0) is 20.3 Å². The molecule has 0 aromatic heterocycles. The molecular formula is C21H29ClO3S. The number of hydrogen-bond donors (Lipinski definition) is 0. The molecule has 5 rings (SSSR count). The Bertz CT molecular complexity index is 717. The Hall–Kier alpha value is -0.580. The van der Waals surface area contributed by atoms with Gasteiger partial charge in [-0.15, -0.1) is 11.6 Å². The Kier molecular flexibility index (Phi) is 5.13. The Morgan fingerprint density at radius 1 is 1.04 bits per heavy atom. The molecular weight excluding hydrogens is 368 g/mol. The van der Waals surface area contributed by atoms with Gasteiger partial charge in [0.15, 0.2) is 9.84 Å². The zero-order valence-corrected chi connectivity index (χ0v) is 16.9. The fourth-order valence-corrected chi connectivity index (χ4v) is 8.65. The predicted octanol–water partition coefficient (Wildman–Crippen LogP) is 4.73. The molecule has 0 radical (unpaired) electrons. The van der Waals surface area contributed by atoms with Crippen molar-refractivity contribution in [2.24, 2.45) is 11.8 Å². The van der Waals surface area contributed by atoms with Gasteiger partial charge in [0.25, 0.3) is 0 Å². The molecule has 3 nitrogen and oxygen atoms in total. The maximum atomic E-state index is 13.5. The number of benzene rings is 1. The lowest BCUT2D eigenvalue weighted by atomic mass is 9.53. The summed E-state index contributed by atoms with van der Waals surface area (Å²) in [5.41, 5.74) is 0.695. The van der Waals surface area contributed by atoms with Gasteiger partial charge in [-0.05, 0) is 68.8 Å². The second-order valence-corrected chi connectivity index (χ2v) is 11.6. The first-order valence-electron chi connectivity index (χ1n) is 9.92. The molecule has 4 aliphatic rings. The number of sulfone groups is 1. The summed E-state index contributed by atoms with van der Waals surface area (Å²) in [5.74, 6) is 1.84. The van der Waals surface area contributed by atoms with Crippen LogP contribution in [0.25, 0.3) is 0 Å². The average Bonchev–Trinajstić information content (AvgIpc) is 2.58. The van der Waals surface area contributed by atoms with E-state index in [0.717, 1.165) is 44.1 Å². The Morgan fingerprint density at radius 3 is 2.38 bits per heavy atom. The quantitative estimate of drug-likeness (QED) is 0.471. The summed E-state index contributed by atoms with van der Waals surface area (Å²) < 4.78 is 32.8. The average molecular weight is 397 g/mol. The molecule has 4 aliphatic carbocycles. The maximum absolute atomic E-state index is 13.5. The third kappa shape index (κ3) is 3.45. The van der Waals surface area contributed by atoms with Crippen LogP contribution in [0.2, 0.25) is 0 Å². The molecule has 1 aromatic rings. The molecule has 4 saturated carbocycles. The summed E-state index contributed by atoms with van der Waals surface area (Å²) in [6.45, 7) is 0.709. The summed E-state index contributed by atoms with van der Waals surface area (Å²) in [7, 11) is -3.21. The highest BCUT2D eigenvalue weighted by atomic mass is 35.5. The Morgan fingerprint density at radius 2 is 1.73 bits per heavy atom. The topological polar surface area (TPSA) is 43.4 Å². The van der Waals surface area contributed by atoms with Crippen molar-refractivity contribution >= 4 is 21.4 Å². The van der Waals surface area contributed by atoms with E-state index in [-0.39, 0.29) is 11.4 Å². The van der Waals surface area contributed by atoms with Crippen molar-refractivity contribution in [3.63, 3.8) is 0 Å². The van der Waals surface area contributed by atoms with Crippen molar-refractivity contribution in [2.45, 2.75) is 67.5 Å². The molecule has 0 saturated heterocycles. The number of ether oxygens (including phenoxy) is 1. The third-order valence-corrected chi connectivity index (χ3v) is 9.53. The maximum Gasteiger partial charge on any atom is 0.160 e. The molecule has 2 atom stereocenters. The van der Waals surface area contributed by atoms with Crippen molar-refractivity contribution in [3.05, 3.63) is 35.9 Å². The van der Waals surface area contributed by atoms with E-state index >= 15 is 0 Å². The van der Waals surface area contributed by atoms with Crippen LogP contribution in [0, 0.1) is 11.8 Å². The summed E-state index contributed by atoms with van der Waals surface area (Å²) in [6, 6.07) is 9.63. The third-order valence-electron chi connectivity index (χ3n) is 6.75. The van der Waals surface area contributed by atoms with Crippen molar-refractivity contribution in [2.75, 3.05) is 12.5 Å². The zero-order chi connectivity index (χ0) is 18.3. The highest BCUT2D eigenvalue weighted by Crippen LogP contribution is 2.61. The van der Waals surface area contributed by atoms with Crippen LogP contribution in [0.4, 0.5) is 0 Å². The second-order valence-electron chi connectivity index (χ2n) is 8.82. The fourth-order valence-electron chi connectivity index (χ4n) is 6.06. The summed E-state index contributed by atoms with van der Waals surface area (Å²) in [6.07, 6.45) is 7.58. The van der Waals surface area contributed by atoms with Crippen molar-refractivity contribution in [1.82, 2.24) is 0 Å². The van der Waals surface area contributed by atoms with Gasteiger partial charge in [0.1, 0.15) is 0 Å². The molecule has 4 bridgehead atoms. The molecule has 0 spiro atoms. The first-order chi connectivity index (χ1) is 12.5. The van der Waals surface area contributed by atoms with E-state index in [1.165, 1.54) is 6.42 Å². The monoisotopic (exact) mass is 396 g/mol. The van der Waals surface area contributed by atoms with E-state index in [1.807, 2.05) is 30.3 Å². The molecule has 5 heteroatoms. The lowest BCUT2D eigenvalue weighted by molar-refractivity contribution is -0.155. The number of rotatable bonds is 8. The molecule has 26 heavy (non-hydrogen) atoms. The first-order valence-corrected chi connectivity index (χ1v) is 12.1. The van der Waals surface area contributed by atoms with E-state index in [4.69, 9.17) is 16.3 Å². The lowest BCUT2D eigenvalue weighted by Crippen LogP contribution is -2.62. The summed E-state index contributed by atoms with van der Waals surface area (Å²) >= 11 is 5.78. The van der Waals surface area contributed by atoms with Crippen molar-refractivity contribution in [3.8, 4) is 0 Å². The van der Waals surface area contributed by atoms with E-state index in [2.05, 4.69) is 0 Å². The molecule has 0 amide bonds. The van der Waals surface area contributed by atoms with Crippen LogP contribution in [0.3, 0.4) is 0 Å². The van der Waals surface area contributed by atoms with Gasteiger partial charge in [0, 0.05) is 12.5 Å².